The Morgan fingerprint density at radius 3 is 2.84 bits per heavy atom. The first-order valence-electron chi connectivity index (χ1n) is 7.07. The summed E-state index contributed by atoms with van der Waals surface area (Å²) in [7, 11) is 1.85. The fraction of sp³-hybridized carbons (Fsp3) is 0.714. The summed E-state index contributed by atoms with van der Waals surface area (Å²) in [4.78, 5) is 12.1. The predicted molar refractivity (Wildman–Crippen MR) is 75.9 cm³/mol. The normalized spacial score (nSPS) is 18.3. The Morgan fingerprint density at radius 1 is 1.58 bits per heavy atom. The fourth-order valence-corrected chi connectivity index (χ4v) is 2.79. The van der Waals surface area contributed by atoms with Gasteiger partial charge in [0.25, 0.3) is 0 Å². The molecule has 0 bridgehead atoms. The Hall–Kier alpha value is -1.36. The van der Waals surface area contributed by atoms with Crippen LogP contribution in [0.4, 0.5) is 5.82 Å². The molecule has 0 radical (unpaired) electrons. The highest BCUT2D eigenvalue weighted by Crippen LogP contribution is 2.24. The molecule has 1 aromatic heterocycles. The van der Waals surface area contributed by atoms with E-state index in [2.05, 4.69) is 22.7 Å². The first-order valence-corrected chi connectivity index (χ1v) is 7.07. The SMILES string of the molecule is Cc1cc(NC(=O)CC(C)C2CCNCC2)n(C)n1. The number of carbonyl (C=O) groups is 1. The van der Waals surface area contributed by atoms with Crippen molar-refractivity contribution in [2.24, 2.45) is 18.9 Å². The molecule has 1 aliphatic rings. The van der Waals surface area contributed by atoms with E-state index in [0.29, 0.717) is 18.3 Å². The highest BCUT2D eigenvalue weighted by molar-refractivity contribution is 5.90. The molecule has 19 heavy (non-hydrogen) atoms. The van der Waals surface area contributed by atoms with Gasteiger partial charge in [0.15, 0.2) is 0 Å². The maximum atomic E-state index is 12.1. The fourth-order valence-electron chi connectivity index (χ4n) is 2.79. The number of hydrogen-bond acceptors (Lipinski definition) is 3. The molecule has 1 saturated heterocycles. The molecular formula is C14H24N4O. The standard InChI is InChI=1S/C14H24N4O/c1-10(12-4-6-15-7-5-12)8-14(19)16-13-9-11(2)17-18(13)3/h9-10,12,15H,4-8H2,1-3H3,(H,16,19). The van der Waals surface area contributed by atoms with Crippen molar-refractivity contribution in [1.82, 2.24) is 15.1 Å². The van der Waals surface area contributed by atoms with E-state index < -0.39 is 0 Å². The smallest absolute Gasteiger partial charge is 0.225 e. The van der Waals surface area contributed by atoms with Crippen LogP contribution in [0.1, 0.15) is 31.9 Å². The molecular weight excluding hydrogens is 240 g/mol. The molecule has 1 fully saturated rings. The number of nitrogens with zero attached hydrogens (tertiary/aromatic N) is 2. The Bertz CT molecular complexity index is 435. The van der Waals surface area contributed by atoms with Crippen molar-refractivity contribution in [1.29, 1.82) is 0 Å². The second-order valence-corrected chi connectivity index (χ2v) is 5.61. The quantitative estimate of drug-likeness (QED) is 0.870. The molecule has 1 unspecified atom stereocenters. The molecule has 1 aromatic rings. The van der Waals surface area contributed by atoms with Gasteiger partial charge in [0.1, 0.15) is 5.82 Å². The van der Waals surface area contributed by atoms with E-state index in [1.807, 2.05) is 20.0 Å². The van der Waals surface area contributed by atoms with E-state index in [9.17, 15) is 4.79 Å². The summed E-state index contributed by atoms with van der Waals surface area (Å²) >= 11 is 0. The van der Waals surface area contributed by atoms with Gasteiger partial charge in [-0.1, -0.05) is 6.92 Å². The lowest BCUT2D eigenvalue weighted by atomic mass is 9.84. The van der Waals surface area contributed by atoms with Crippen LogP contribution in [-0.2, 0) is 11.8 Å². The Labute approximate surface area is 114 Å². The number of nitrogens with one attached hydrogen (secondary N) is 2. The summed E-state index contributed by atoms with van der Waals surface area (Å²) in [5, 5.41) is 10.5. The van der Waals surface area contributed by atoms with Crippen molar-refractivity contribution in [2.45, 2.75) is 33.1 Å². The molecule has 0 spiro atoms. The molecule has 0 saturated carbocycles. The maximum absolute atomic E-state index is 12.1. The van der Waals surface area contributed by atoms with Crippen LogP contribution in [0.3, 0.4) is 0 Å². The number of piperidine rings is 1. The topological polar surface area (TPSA) is 59.0 Å². The molecule has 1 atom stereocenters. The largest absolute Gasteiger partial charge is 0.317 e. The lowest BCUT2D eigenvalue weighted by molar-refractivity contribution is -0.117. The summed E-state index contributed by atoms with van der Waals surface area (Å²) in [6.07, 6.45) is 2.95. The van der Waals surface area contributed by atoms with Crippen LogP contribution in [0, 0.1) is 18.8 Å². The van der Waals surface area contributed by atoms with Gasteiger partial charge in [0, 0.05) is 19.5 Å². The van der Waals surface area contributed by atoms with Crippen LogP contribution in [-0.4, -0.2) is 28.8 Å². The molecule has 5 heteroatoms. The third kappa shape index (κ3) is 3.80. The van der Waals surface area contributed by atoms with Crippen molar-refractivity contribution in [2.75, 3.05) is 18.4 Å². The number of carbonyl (C=O) groups excluding carboxylic acids is 1. The van der Waals surface area contributed by atoms with Crippen molar-refractivity contribution in [3.05, 3.63) is 11.8 Å². The van der Waals surface area contributed by atoms with Crippen molar-refractivity contribution in [3.63, 3.8) is 0 Å². The van der Waals surface area contributed by atoms with Gasteiger partial charge in [0.2, 0.25) is 5.91 Å². The van der Waals surface area contributed by atoms with Gasteiger partial charge in [-0.25, -0.2) is 0 Å². The third-order valence-electron chi connectivity index (χ3n) is 3.97. The van der Waals surface area contributed by atoms with E-state index in [1.165, 1.54) is 12.8 Å². The monoisotopic (exact) mass is 264 g/mol. The minimum atomic E-state index is 0.0917. The first-order chi connectivity index (χ1) is 9.06. The van der Waals surface area contributed by atoms with Crippen molar-refractivity contribution < 1.29 is 4.79 Å². The molecule has 1 amide bonds. The molecule has 106 valence electrons. The van der Waals surface area contributed by atoms with Crippen LogP contribution in [0.25, 0.3) is 0 Å². The second kappa shape index (κ2) is 6.19. The lowest BCUT2D eigenvalue weighted by Gasteiger charge is -2.27. The Kier molecular flexibility index (Phi) is 4.58. The summed E-state index contributed by atoms with van der Waals surface area (Å²) in [5.74, 6) is 1.98. The molecule has 2 rings (SSSR count). The summed E-state index contributed by atoms with van der Waals surface area (Å²) in [5.41, 5.74) is 0.921. The molecule has 2 heterocycles. The van der Waals surface area contributed by atoms with Gasteiger partial charge in [-0.3, -0.25) is 9.48 Å². The average molecular weight is 264 g/mol. The highest BCUT2D eigenvalue weighted by Gasteiger charge is 2.22. The number of amides is 1. The number of aryl methyl sites for hydroxylation is 2. The molecule has 2 N–H and O–H groups in total. The van der Waals surface area contributed by atoms with Crippen molar-refractivity contribution >= 4 is 11.7 Å². The van der Waals surface area contributed by atoms with Crippen LogP contribution >= 0.6 is 0 Å². The first kappa shape index (κ1) is 14.1. The van der Waals surface area contributed by atoms with E-state index in [0.717, 1.165) is 24.6 Å². The summed E-state index contributed by atoms with van der Waals surface area (Å²) < 4.78 is 1.71. The number of hydrogen-bond donors (Lipinski definition) is 2. The molecule has 0 aromatic carbocycles. The Morgan fingerprint density at radius 2 is 2.26 bits per heavy atom. The van der Waals surface area contributed by atoms with E-state index in [-0.39, 0.29) is 5.91 Å². The number of aromatic nitrogens is 2. The zero-order valence-corrected chi connectivity index (χ0v) is 12.1. The lowest BCUT2D eigenvalue weighted by Crippen LogP contribution is -2.32. The average Bonchev–Trinajstić information content (AvgIpc) is 2.68. The maximum Gasteiger partial charge on any atom is 0.225 e. The number of anilines is 1. The second-order valence-electron chi connectivity index (χ2n) is 5.61. The van der Waals surface area contributed by atoms with E-state index in [1.54, 1.807) is 4.68 Å². The zero-order chi connectivity index (χ0) is 13.8. The zero-order valence-electron chi connectivity index (χ0n) is 12.1. The molecule has 0 aliphatic carbocycles. The van der Waals surface area contributed by atoms with Gasteiger partial charge < -0.3 is 10.6 Å². The minimum absolute atomic E-state index is 0.0917. The van der Waals surface area contributed by atoms with Gasteiger partial charge in [-0.05, 0) is 44.7 Å². The Balaban J connectivity index is 1.85. The minimum Gasteiger partial charge on any atom is -0.317 e. The van der Waals surface area contributed by atoms with Gasteiger partial charge in [0.05, 0.1) is 5.69 Å². The van der Waals surface area contributed by atoms with Crippen LogP contribution < -0.4 is 10.6 Å². The highest BCUT2D eigenvalue weighted by atomic mass is 16.1. The van der Waals surface area contributed by atoms with Crippen LogP contribution in [0.2, 0.25) is 0 Å². The van der Waals surface area contributed by atoms with Gasteiger partial charge in [-0.15, -0.1) is 0 Å². The molecule has 1 aliphatic heterocycles. The predicted octanol–water partition coefficient (Wildman–Crippen LogP) is 1.69. The van der Waals surface area contributed by atoms with E-state index in [4.69, 9.17) is 0 Å². The van der Waals surface area contributed by atoms with Crippen LogP contribution in [0.5, 0.6) is 0 Å². The third-order valence-corrected chi connectivity index (χ3v) is 3.97. The van der Waals surface area contributed by atoms with Gasteiger partial charge >= 0.3 is 0 Å². The van der Waals surface area contributed by atoms with E-state index >= 15 is 0 Å². The van der Waals surface area contributed by atoms with Crippen molar-refractivity contribution in [3.8, 4) is 0 Å². The number of rotatable bonds is 4. The summed E-state index contributed by atoms with van der Waals surface area (Å²) in [6, 6.07) is 1.90. The van der Waals surface area contributed by atoms with Crippen LogP contribution in [0.15, 0.2) is 6.07 Å². The summed E-state index contributed by atoms with van der Waals surface area (Å²) in [6.45, 7) is 6.27. The molecule has 5 nitrogen and oxygen atoms in total. The van der Waals surface area contributed by atoms with Gasteiger partial charge in [-0.2, -0.15) is 5.10 Å².